The van der Waals surface area contributed by atoms with Crippen molar-refractivity contribution in [2.45, 2.75) is 41.5 Å². The molecular formula is C16H24O2. The third-order valence-corrected chi connectivity index (χ3v) is 3.04. The number of fused-ring (bicyclic) bond motifs is 1. The fourth-order valence-corrected chi connectivity index (χ4v) is 1.86. The van der Waals surface area contributed by atoms with Crippen molar-refractivity contribution < 1.29 is 9.59 Å². The normalized spacial score (nSPS) is 21.0. The molecule has 0 radical (unpaired) electrons. The lowest BCUT2D eigenvalue weighted by Gasteiger charge is -2.24. The lowest BCUT2D eigenvalue weighted by atomic mass is 9.76. The molecule has 0 amide bonds. The molecule has 0 spiro atoms. The van der Waals surface area contributed by atoms with Gasteiger partial charge in [-0.2, -0.15) is 0 Å². The summed E-state index contributed by atoms with van der Waals surface area (Å²) in [5, 5.41) is 0. The molecular weight excluding hydrogens is 224 g/mol. The van der Waals surface area contributed by atoms with Crippen LogP contribution in [-0.4, -0.2) is 11.6 Å². The van der Waals surface area contributed by atoms with E-state index in [9.17, 15) is 9.59 Å². The molecule has 0 heterocycles. The summed E-state index contributed by atoms with van der Waals surface area (Å²) in [6, 6.07) is 7.06. The first kappa shape index (κ1) is 16.6. The second kappa shape index (κ2) is 7.80. The van der Waals surface area contributed by atoms with Gasteiger partial charge in [0.15, 0.2) is 11.6 Å². The lowest BCUT2D eigenvalue weighted by molar-refractivity contribution is 0.0763. The minimum atomic E-state index is -0.183. The zero-order valence-electron chi connectivity index (χ0n) is 12.3. The van der Waals surface area contributed by atoms with E-state index in [-0.39, 0.29) is 23.4 Å². The predicted octanol–water partition coefficient (Wildman–Crippen LogP) is 4.39. The van der Waals surface area contributed by atoms with Gasteiger partial charge in [0.05, 0.1) is 0 Å². The maximum absolute atomic E-state index is 11.8. The van der Waals surface area contributed by atoms with Gasteiger partial charge in [-0.05, 0) is 0 Å². The first-order chi connectivity index (χ1) is 8.63. The molecule has 1 aliphatic rings. The number of ketones is 2. The van der Waals surface area contributed by atoms with Gasteiger partial charge in [0.2, 0.25) is 0 Å². The quantitative estimate of drug-likeness (QED) is 0.682. The van der Waals surface area contributed by atoms with E-state index in [0.717, 1.165) is 0 Å². The topological polar surface area (TPSA) is 34.1 Å². The van der Waals surface area contributed by atoms with Crippen LogP contribution in [0.3, 0.4) is 0 Å². The Hall–Kier alpha value is -1.44. The van der Waals surface area contributed by atoms with Crippen molar-refractivity contribution in [1.29, 1.82) is 0 Å². The summed E-state index contributed by atoms with van der Waals surface area (Å²) in [5.41, 5.74) is 1.17. The van der Waals surface area contributed by atoms with Crippen LogP contribution < -0.4 is 0 Å². The van der Waals surface area contributed by atoms with Gasteiger partial charge in [0, 0.05) is 23.0 Å². The summed E-state index contributed by atoms with van der Waals surface area (Å²) in [7, 11) is 0. The zero-order valence-corrected chi connectivity index (χ0v) is 12.3. The SMILES string of the molecule is CC.CC.CC1C(=O)c2ccccc2C(=O)C1C. The molecule has 2 unspecified atom stereocenters. The van der Waals surface area contributed by atoms with E-state index in [1.165, 1.54) is 0 Å². The number of rotatable bonds is 0. The van der Waals surface area contributed by atoms with Gasteiger partial charge in [-0.25, -0.2) is 0 Å². The molecule has 0 saturated heterocycles. The average Bonchev–Trinajstić information content (AvgIpc) is 2.47. The smallest absolute Gasteiger partial charge is 0.167 e. The monoisotopic (exact) mass is 248 g/mol. The van der Waals surface area contributed by atoms with Crippen molar-refractivity contribution in [2.75, 3.05) is 0 Å². The Balaban J connectivity index is 0.000000659. The number of hydrogen-bond donors (Lipinski definition) is 0. The van der Waals surface area contributed by atoms with Crippen LogP contribution in [0, 0.1) is 11.8 Å². The summed E-state index contributed by atoms with van der Waals surface area (Å²) < 4.78 is 0. The van der Waals surface area contributed by atoms with Crippen LogP contribution in [0.15, 0.2) is 24.3 Å². The summed E-state index contributed by atoms with van der Waals surface area (Å²) >= 11 is 0. The third-order valence-electron chi connectivity index (χ3n) is 3.04. The number of Topliss-reactive ketones (excluding diaryl/α,β-unsaturated/α-hetero) is 2. The van der Waals surface area contributed by atoms with E-state index in [2.05, 4.69) is 0 Å². The molecule has 0 N–H and O–H groups in total. The molecule has 1 aliphatic carbocycles. The van der Waals surface area contributed by atoms with Crippen molar-refractivity contribution >= 4 is 11.6 Å². The van der Waals surface area contributed by atoms with Crippen molar-refractivity contribution in [3.8, 4) is 0 Å². The molecule has 18 heavy (non-hydrogen) atoms. The predicted molar refractivity (Wildman–Crippen MR) is 76.1 cm³/mol. The molecule has 0 aliphatic heterocycles. The van der Waals surface area contributed by atoms with E-state index in [1.54, 1.807) is 24.3 Å². The second-order valence-corrected chi connectivity index (χ2v) is 3.85. The molecule has 2 atom stereocenters. The van der Waals surface area contributed by atoms with Crippen LogP contribution in [0.25, 0.3) is 0 Å². The summed E-state index contributed by atoms with van der Waals surface area (Å²) in [6.07, 6.45) is 0. The summed E-state index contributed by atoms with van der Waals surface area (Å²) in [6.45, 7) is 11.6. The molecule has 0 fully saturated rings. The highest BCUT2D eigenvalue weighted by Crippen LogP contribution is 2.29. The molecule has 0 aromatic heterocycles. The Kier molecular flexibility index (Phi) is 7.18. The molecule has 2 rings (SSSR count). The maximum atomic E-state index is 11.8. The highest BCUT2D eigenvalue weighted by molar-refractivity contribution is 6.15. The third kappa shape index (κ3) is 3.06. The Morgan fingerprint density at radius 3 is 1.28 bits per heavy atom. The van der Waals surface area contributed by atoms with Gasteiger partial charge < -0.3 is 0 Å². The zero-order chi connectivity index (χ0) is 14.3. The van der Waals surface area contributed by atoms with Crippen molar-refractivity contribution in [2.24, 2.45) is 11.8 Å². The molecule has 2 nitrogen and oxygen atoms in total. The van der Waals surface area contributed by atoms with Crippen molar-refractivity contribution in [3.63, 3.8) is 0 Å². The Morgan fingerprint density at radius 1 is 0.722 bits per heavy atom. The van der Waals surface area contributed by atoms with Crippen LogP contribution in [0.2, 0.25) is 0 Å². The highest BCUT2D eigenvalue weighted by atomic mass is 16.1. The van der Waals surface area contributed by atoms with E-state index in [4.69, 9.17) is 0 Å². The molecule has 0 bridgehead atoms. The minimum Gasteiger partial charge on any atom is -0.294 e. The Labute approximate surface area is 110 Å². The van der Waals surface area contributed by atoms with Gasteiger partial charge in [-0.15, -0.1) is 0 Å². The van der Waals surface area contributed by atoms with Crippen molar-refractivity contribution in [1.82, 2.24) is 0 Å². The number of benzene rings is 1. The van der Waals surface area contributed by atoms with E-state index in [0.29, 0.717) is 11.1 Å². The average molecular weight is 248 g/mol. The van der Waals surface area contributed by atoms with Gasteiger partial charge in [0.25, 0.3) is 0 Å². The highest BCUT2D eigenvalue weighted by Gasteiger charge is 2.35. The van der Waals surface area contributed by atoms with Crippen LogP contribution >= 0.6 is 0 Å². The van der Waals surface area contributed by atoms with Crippen molar-refractivity contribution in [3.05, 3.63) is 35.4 Å². The summed E-state index contributed by atoms with van der Waals surface area (Å²) in [4.78, 5) is 23.6. The maximum Gasteiger partial charge on any atom is 0.167 e. The molecule has 1 aromatic carbocycles. The molecule has 100 valence electrons. The van der Waals surface area contributed by atoms with Gasteiger partial charge in [0.1, 0.15) is 0 Å². The number of hydrogen-bond acceptors (Lipinski definition) is 2. The Morgan fingerprint density at radius 2 is 1.00 bits per heavy atom. The fourth-order valence-electron chi connectivity index (χ4n) is 1.86. The van der Waals surface area contributed by atoms with E-state index >= 15 is 0 Å². The van der Waals surface area contributed by atoms with Gasteiger partial charge >= 0.3 is 0 Å². The first-order valence-electron chi connectivity index (χ1n) is 6.80. The lowest BCUT2D eigenvalue weighted by Crippen LogP contribution is -2.32. The largest absolute Gasteiger partial charge is 0.294 e. The molecule has 0 saturated carbocycles. The van der Waals surface area contributed by atoms with Crippen LogP contribution in [0.4, 0.5) is 0 Å². The summed E-state index contributed by atoms with van der Waals surface area (Å²) in [5.74, 6) is -0.185. The fraction of sp³-hybridized carbons (Fsp3) is 0.500. The second-order valence-electron chi connectivity index (χ2n) is 3.85. The van der Waals surface area contributed by atoms with Gasteiger partial charge in [-0.1, -0.05) is 65.8 Å². The standard InChI is InChI=1S/C12H12O2.2C2H6/c1-7-8(2)12(14)10-6-4-3-5-9(10)11(7)13;2*1-2/h3-8H,1-2H3;2*1-2H3. The first-order valence-corrected chi connectivity index (χ1v) is 6.80. The van der Waals surface area contributed by atoms with Crippen LogP contribution in [-0.2, 0) is 0 Å². The molecule has 1 aromatic rings. The van der Waals surface area contributed by atoms with E-state index in [1.807, 2.05) is 41.5 Å². The number of carbonyl (C=O) groups excluding carboxylic acids is 2. The van der Waals surface area contributed by atoms with E-state index < -0.39 is 0 Å². The van der Waals surface area contributed by atoms with Crippen LogP contribution in [0.5, 0.6) is 0 Å². The Bertz CT molecular complexity index is 368. The van der Waals surface area contributed by atoms with Crippen LogP contribution in [0.1, 0.15) is 62.3 Å². The van der Waals surface area contributed by atoms with Gasteiger partial charge in [-0.3, -0.25) is 9.59 Å². The molecule has 2 heteroatoms. The minimum absolute atomic E-state index is 0.0905. The number of carbonyl (C=O) groups is 2.